The fourth-order valence-electron chi connectivity index (χ4n) is 0. The molecule has 0 saturated heterocycles. The third-order valence-electron chi connectivity index (χ3n) is 0. The Kier molecular flexibility index (Phi) is 187. The molecule has 37 valence electrons. The van der Waals surface area contributed by atoms with E-state index in [1.165, 1.54) is 0 Å². The van der Waals surface area contributed by atoms with E-state index >= 15 is 0 Å². The van der Waals surface area contributed by atoms with E-state index in [2.05, 4.69) is 0 Å². The van der Waals surface area contributed by atoms with Crippen molar-refractivity contribution < 1.29 is 75.2 Å². The van der Waals surface area contributed by atoms with Crippen LogP contribution in [0, 0.1) is 35.6 Å². The molecule has 0 amide bonds. The maximum atomic E-state index is 0. The smallest absolute Gasteiger partial charge is 0 e. The Bertz CT molecular complexity index is 9.61. The van der Waals surface area contributed by atoms with E-state index in [4.69, 9.17) is 0 Å². The summed E-state index contributed by atoms with van der Waals surface area (Å²) in [6.45, 7) is 0. The van der Waals surface area contributed by atoms with Crippen LogP contribution in [0.1, 0.15) is 0 Å². The van der Waals surface area contributed by atoms with Crippen LogP contribution >= 0.6 is 0 Å². The Morgan fingerprint density at radius 2 is 0.800 bits per heavy atom. The average molecular weight is 423 g/mol. The zero-order valence-electron chi connectivity index (χ0n) is 1.68. The van der Waals surface area contributed by atoms with Crippen molar-refractivity contribution >= 4 is 48.9 Å². The van der Waals surface area contributed by atoms with Gasteiger partial charge in [0.15, 0.2) is 0 Å². The van der Waals surface area contributed by atoms with Gasteiger partial charge in [0, 0.05) is 69.7 Å². The molecule has 0 heterocycles. The van der Waals surface area contributed by atoms with Gasteiger partial charge in [-0.15, -0.1) is 0 Å². The molecule has 0 spiro atoms. The SMILES string of the molecule is O.[BaH2].[Cu].[Cu].[La]. The van der Waals surface area contributed by atoms with Crippen molar-refractivity contribution in [2.24, 2.45) is 0 Å². The first-order valence-corrected chi connectivity index (χ1v) is 0. The molecular formula is H4BaCu2LaO. The van der Waals surface area contributed by atoms with Crippen LogP contribution in [0.2, 0.25) is 0 Å². The summed E-state index contributed by atoms with van der Waals surface area (Å²) in [5.41, 5.74) is 0. The molecule has 5 heteroatoms. The summed E-state index contributed by atoms with van der Waals surface area (Å²) in [6, 6.07) is 0. The van der Waals surface area contributed by atoms with Crippen LogP contribution in [0.3, 0.4) is 0 Å². The van der Waals surface area contributed by atoms with E-state index in [1.807, 2.05) is 0 Å². The molecule has 0 aromatic carbocycles. The normalized spacial score (nSPS) is 0. The molecule has 0 aliphatic rings. The molecule has 0 atom stereocenters. The van der Waals surface area contributed by atoms with Crippen LogP contribution in [-0.2, 0) is 34.1 Å². The molecule has 1 nitrogen and oxygen atoms in total. The molecule has 0 unspecified atom stereocenters. The van der Waals surface area contributed by atoms with Crippen LogP contribution in [0.25, 0.3) is 0 Å². The van der Waals surface area contributed by atoms with Crippen LogP contribution in [0.4, 0.5) is 0 Å². The summed E-state index contributed by atoms with van der Waals surface area (Å²) in [6.07, 6.45) is 0. The Morgan fingerprint density at radius 1 is 0.800 bits per heavy atom. The van der Waals surface area contributed by atoms with Gasteiger partial charge in [-0.2, -0.15) is 0 Å². The van der Waals surface area contributed by atoms with Crippen molar-refractivity contribution in [3.05, 3.63) is 0 Å². The average Bonchev–Trinajstić information content (AvgIpc) is 0. The topological polar surface area (TPSA) is 31.5 Å². The summed E-state index contributed by atoms with van der Waals surface area (Å²) in [7, 11) is 0. The summed E-state index contributed by atoms with van der Waals surface area (Å²) in [5, 5.41) is 0. The van der Waals surface area contributed by atoms with Crippen molar-refractivity contribution in [1.82, 2.24) is 0 Å². The van der Waals surface area contributed by atoms with E-state index in [1.54, 1.807) is 0 Å². The summed E-state index contributed by atoms with van der Waals surface area (Å²) >= 11 is 0. The minimum atomic E-state index is 0. The molecule has 0 bridgehead atoms. The second-order valence-electron chi connectivity index (χ2n) is 0. The maximum absolute atomic E-state index is 0. The number of hydrogen-bond donors (Lipinski definition) is 0. The molecule has 0 saturated carbocycles. The van der Waals surface area contributed by atoms with E-state index < -0.39 is 0 Å². The number of hydrogen-bond acceptors (Lipinski definition) is 0. The van der Waals surface area contributed by atoms with Gasteiger partial charge in [-0.3, -0.25) is 0 Å². The molecule has 0 aliphatic heterocycles. The van der Waals surface area contributed by atoms with Crippen LogP contribution in [0.15, 0.2) is 0 Å². The fraction of sp³-hybridized carbons (Fsp3) is 0. The summed E-state index contributed by atoms with van der Waals surface area (Å²) in [5.74, 6) is 0. The monoisotopic (exact) mass is 423 g/mol. The minimum Gasteiger partial charge on any atom is 0 e. The van der Waals surface area contributed by atoms with Gasteiger partial charge < -0.3 is 5.48 Å². The van der Waals surface area contributed by atoms with Crippen molar-refractivity contribution in [3.63, 3.8) is 0 Å². The maximum Gasteiger partial charge on any atom is 0 e. The van der Waals surface area contributed by atoms with Crippen molar-refractivity contribution in [2.75, 3.05) is 0 Å². The van der Waals surface area contributed by atoms with Gasteiger partial charge in [-0.05, 0) is 0 Å². The first kappa shape index (κ1) is 37.3. The fourth-order valence-corrected chi connectivity index (χ4v) is 0. The zero-order chi connectivity index (χ0) is 0. The second-order valence-corrected chi connectivity index (χ2v) is 0. The largest absolute Gasteiger partial charge is 0 e. The van der Waals surface area contributed by atoms with Crippen LogP contribution < -0.4 is 0 Å². The molecule has 0 rings (SSSR count). The van der Waals surface area contributed by atoms with Gasteiger partial charge in [0.2, 0.25) is 0 Å². The standard InChI is InChI=1S/Ba.2Cu.La.H2O.2H/h;;;;1H2;;. The molecular weight excluding hydrogens is 419 g/mol. The Balaban J connectivity index is 0. The van der Waals surface area contributed by atoms with Gasteiger partial charge in [0.05, 0.1) is 0 Å². The van der Waals surface area contributed by atoms with Crippen molar-refractivity contribution in [1.29, 1.82) is 0 Å². The Hall–Kier alpha value is 3.77. The Morgan fingerprint density at radius 3 is 0.800 bits per heavy atom. The summed E-state index contributed by atoms with van der Waals surface area (Å²) in [4.78, 5) is 0. The predicted octanol–water partition coefficient (Wildman–Crippen LogP) is -1.75. The molecule has 3 radical (unpaired) electrons. The molecule has 0 aliphatic carbocycles. The van der Waals surface area contributed by atoms with E-state index in [0.29, 0.717) is 0 Å². The first-order valence-electron chi connectivity index (χ1n) is 0. The third kappa shape index (κ3) is 18.2. The van der Waals surface area contributed by atoms with Gasteiger partial charge in [-0.25, -0.2) is 0 Å². The van der Waals surface area contributed by atoms with Gasteiger partial charge >= 0.3 is 48.9 Å². The quantitative estimate of drug-likeness (QED) is 0.415. The van der Waals surface area contributed by atoms with Crippen molar-refractivity contribution in [3.8, 4) is 0 Å². The van der Waals surface area contributed by atoms with Gasteiger partial charge in [-0.1, -0.05) is 0 Å². The van der Waals surface area contributed by atoms with Crippen LogP contribution in [0.5, 0.6) is 0 Å². The molecule has 0 aromatic heterocycles. The van der Waals surface area contributed by atoms with Gasteiger partial charge in [0.25, 0.3) is 0 Å². The zero-order valence-corrected chi connectivity index (χ0v) is 7.19. The minimum absolute atomic E-state index is 0. The first-order chi connectivity index (χ1) is 0. The van der Waals surface area contributed by atoms with Crippen molar-refractivity contribution in [2.45, 2.75) is 0 Å². The van der Waals surface area contributed by atoms with Crippen LogP contribution in [-0.4, -0.2) is 54.4 Å². The van der Waals surface area contributed by atoms with E-state index in [-0.39, 0.29) is 124 Å². The predicted molar refractivity (Wildman–Crippen MR) is 12.2 cm³/mol. The van der Waals surface area contributed by atoms with E-state index in [0.717, 1.165) is 0 Å². The molecule has 0 aromatic rings. The van der Waals surface area contributed by atoms with Gasteiger partial charge in [0.1, 0.15) is 0 Å². The second kappa shape index (κ2) is 25.1. The van der Waals surface area contributed by atoms with E-state index in [9.17, 15) is 0 Å². The molecule has 0 fully saturated rings. The molecule has 5 heavy (non-hydrogen) atoms. The number of rotatable bonds is 0. The Labute approximate surface area is 121 Å². The summed E-state index contributed by atoms with van der Waals surface area (Å²) < 4.78 is 0. The third-order valence-corrected chi connectivity index (χ3v) is 0. The molecule has 2 N–H and O–H groups in total.